The molecule has 0 aromatic heterocycles. The number of thioether (sulfide) groups is 1. The molecule has 1 fully saturated rings. The Labute approximate surface area is 170 Å². The van der Waals surface area contributed by atoms with Crippen molar-refractivity contribution in [1.29, 1.82) is 0 Å². The van der Waals surface area contributed by atoms with Gasteiger partial charge in [-0.05, 0) is 43.0 Å². The van der Waals surface area contributed by atoms with Crippen molar-refractivity contribution < 1.29 is 14.7 Å². The number of aliphatic carboxylic acids is 1. The van der Waals surface area contributed by atoms with E-state index in [-0.39, 0.29) is 12.3 Å². The van der Waals surface area contributed by atoms with Crippen LogP contribution in [-0.4, -0.2) is 45.8 Å². The van der Waals surface area contributed by atoms with E-state index < -0.39 is 5.97 Å². The van der Waals surface area contributed by atoms with Crippen molar-refractivity contribution in [3.8, 4) is 0 Å². The van der Waals surface area contributed by atoms with E-state index in [2.05, 4.69) is 30.9 Å². The van der Waals surface area contributed by atoms with Gasteiger partial charge in [0.15, 0.2) is 0 Å². The van der Waals surface area contributed by atoms with Crippen LogP contribution in [0.25, 0.3) is 6.08 Å². The Morgan fingerprint density at radius 2 is 1.85 bits per heavy atom. The molecule has 1 saturated heterocycles. The van der Waals surface area contributed by atoms with Crippen LogP contribution >= 0.6 is 24.0 Å². The normalized spacial score (nSPS) is 15.6. The molecular weight excluding hydrogens is 380 g/mol. The molecule has 1 aromatic carbocycles. The van der Waals surface area contributed by atoms with Gasteiger partial charge in [-0.15, -0.1) is 0 Å². The summed E-state index contributed by atoms with van der Waals surface area (Å²) in [6.07, 6.45) is 4.49. The molecule has 0 aliphatic carbocycles. The van der Waals surface area contributed by atoms with Crippen molar-refractivity contribution in [1.82, 2.24) is 4.90 Å². The third-order valence-electron chi connectivity index (χ3n) is 4.19. The third-order valence-corrected chi connectivity index (χ3v) is 5.57. The Balaban J connectivity index is 2.06. The molecule has 0 atom stereocenters. The summed E-state index contributed by atoms with van der Waals surface area (Å²) in [5.74, 6) is -1.01. The van der Waals surface area contributed by atoms with Gasteiger partial charge in [0.2, 0.25) is 0 Å². The number of thiocarbonyl (C=S) groups is 1. The second-order valence-corrected chi connectivity index (χ2v) is 8.08. The lowest BCUT2D eigenvalue weighted by Gasteiger charge is -2.23. The first-order chi connectivity index (χ1) is 13.0. The van der Waals surface area contributed by atoms with Gasteiger partial charge < -0.3 is 10.0 Å². The summed E-state index contributed by atoms with van der Waals surface area (Å²) in [4.78, 5) is 27.6. The number of amides is 1. The number of hydrogen-bond donors (Lipinski definition) is 1. The molecule has 1 aliphatic heterocycles. The van der Waals surface area contributed by atoms with E-state index in [0.717, 1.165) is 31.5 Å². The Kier molecular flexibility index (Phi) is 8.31. The average Bonchev–Trinajstić information content (AvgIpc) is 2.89. The standard InChI is InChI=1S/C20H26N2O3S2/c1-3-11-21(12-4-2)16-9-7-15(8-10-16)14-17-19(25)22(20(26)27-17)13-5-6-18(23)24/h7-10,14H,3-6,11-13H2,1-2H3,(H,23,24)/b17-14-. The van der Waals surface area contributed by atoms with Crippen LogP contribution in [0.3, 0.4) is 0 Å². The zero-order valence-electron chi connectivity index (χ0n) is 15.8. The van der Waals surface area contributed by atoms with Crippen molar-refractivity contribution >= 4 is 51.9 Å². The van der Waals surface area contributed by atoms with E-state index in [1.165, 1.54) is 22.3 Å². The van der Waals surface area contributed by atoms with Gasteiger partial charge in [0.25, 0.3) is 5.91 Å². The third kappa shape index (κ3) is 6.07. The quantitative estimate of drug-likeness (QED) is 0.460. The Morgan fingerprint density at radius 1 is 1.22 bits per heavy atom. The topological polar surface area (TPSA) is 60.9 Å². The highest BCUT2D eigenvalue weighted by Crippen LogP contribution is 2.33. The van der Waals surface area contributed by atoms with E-state index in [1.807, 2.05) is 18.2 Å². The number of carboxylic acids is 1. The lowest BCUT2D eigenvalue weighted by atomic mass is 10.1. The number of rotatable bonds is 10. The Bertz CT molecular complexity index is 710. The molecule has 1 heterocycles. The lowest BCUT2D eigenvalue weighted by molar-refractivity contribution is -0.137. The molecule has 1 N–H and O–H groups in total. The maximum atomic E-state index is 12.5. The van der Waals surface area contributed by atoms with Crippen molar-refractivity contribution in [3.63, 3.8) is 0 Å². The maximum Gasteiger partial charge on any atom is 0.303 e. The summed E-state index contributed by atoms with van der Waals surface area (Å²) in [7, 11) is 0. The molecule has 0 spiro atoms. The highest BCUT2D eigenvalue weighted by atomic mass is 32.2. The van der Waals surface area contributed by atoms with Gasteiger partial charge >= 0.3 is 5.97 Å². The van der Waals surface area contributed by atoms with E-state index in [4.69, 9.17) is 17.3 Å². The van der Waals surface area contributed by atoms with E-state index in [1.54, 1.807) is 0 Å². The van der Waals surface area contributed by atoms with Gasteiger partial charge in [-0.3, -0.25) is 14.5 Å². The van der Waals surface area contributed by atoms with Crippen molar-refractivity contribution in [2.45, 2.75) is 39.5 Å². The predicted octanol–water partition coefficient (Wildman–Crippen LogP) is 4.38. The zero-order chi connectivity index (χ0) is 19.8. The van der Waals surface area contributed by atoms with Crippen molar-refractivity contribution in [3.05, 3.63) is 34.7 Å². The molecular formula is C20H26N2O3S2. The first-order valence-corrected chi connectivity index (χ1v) is 10.5. The number of carboxylic acid groups (broad SMARTS) is 1. The Hall–Kier alpha value is -1.86. The predicted molar refractivity (Wildman–Crippen MR) is 116 cm³/mol. The van der Waals surface area contributed by atoms with Crippen LogP contribution in [0.1, 0.15) is 45.1 Å². The first kappa shape index (κ1) is 21.4. The monoisotopic (exact) mass is 406 g/mol. The number of hydrogen-bond acceptors (Lipinski definition) is 5. The van der Waals surface area contributed by atoms with E-state index >= 15 is 0 Å². The van der Waals surface area contributed by atoms with Gasteiger partial charge in [0.1, 0.15) is 4.32 Å². The maximum absolute atomic E-state index is 12.5. The highest BCUT2D eigenvalue weighted by molar-refractivity contribution is 8.26. The van der Waals surface area contributed by atoms with Crippen LogP contribution in [0.15, 0.2) is 29.2 Å². The van der Waals surface area contributed by atoms with Crippen molar-refractivity contribution in [2.75, 3.05) is 24.5 Å². The molecule has 1 amide bonds. The number of anilines is 1. The summed E-state index contributed by atoms with van der Waals surface area (Å²) >= 11 is 6.55. The summed E-state index contributed by atoms with van der Waals surface area (Å²) in [5.41, 5.74) is 2.15. The van der Waals surface area contributed by atoms with Crippen LogP contribution in [0.5, 0.6) is 0 Å². The summed E-state index contributed by atoms with van der Waals surface area (Å²) < 4.78 is 0.491. The smallest absolute Gasteiger partial charge is 0.303 e. The number of carbonyl (C=O) groups excluding carboxylic acids is 1. The van der Waals surface area contributed by atoms with E-state index in [0.29, 0.717) is 22.2 Å². The van der Waals surface area contributed by atoms with Gasteiger partial charge in [-0.2, -0.15) is 0 Å². The zero-order valence-corrected chi connectivity index (χ0v) is 17.4. The molecule has 2 rings (SSSR count). The molecule has 0 saturated carbocycles. The minimum atomic E-state index is -0.865. The summed E-state index contributed by atoms with van der Waals surface area (Å²) in [5, 5.41) is 8.74. The fraction of sp³-hybridized carbons (Fsp3) is 0.450. The largest absolute Gasteiger partial charge is 0.481 e. The van der Waals surface area contributed by atoms with Crippen LogP contribution < -0.4 is 4.90 Å². The fourth-order valence-corrected chi connectivity index (χ4v) is 4.23. The molecule has 146 valence electrons. The SMILES string of the molecule is CCCN(CCC)c1ccc(/C=C2\SC(=S)N(CCCC(=O)O)C2=O)cc1. The van der Waals surface area contributed by atoms with Crippen LogP contribution in [-0.2, 0) is 9.59 Å². The van der Waals surface area contributed by atoms with Crippen LogP contribution in [0.2, 0.25) is 0 Å². The summed E-state index contributed by atoms with van der Waals surface area (Å²) in [6, 6.07) is 8.21. The molecule has 0 unspecified atom stereocenters. The second kappa shape index (κ2) is 10.5. The first-order valence-electron chi connectivity index (χ1n) is 9.28. The minimum absolute atomic E-state index is 0.0313. The molecule has 7 heteroatoms. The van der Waals surface area contributed by atoms with Crippen molar-refractivity contribution in [2.24, 2.45) is 0 Å². The summed E-state index contributed by atoms with van der Waals surface area (Å²) in [6.45, 7) is 6.76. The highest BCUT2D eigenvalue weighted by Gasteiger charge is 2.31. The molecule has 1 aromatic rings. The molecule has 1 aliphatic rings. The number of benzene rings is 1. The van der Waals surface area contributed by atoms with Gasteiger partial charge in [-0.1, -0.05) is 50.0 Å². The minimum Gasteiger partial charge on any atom is -0.481 e. The molecule has 0 bridgehead atoms. The second-order valence-electron chi connectivity index (χ2n) is 6.41. The Morgan fingerprint density at radius 3 is 2.41 bits per heavy atom. The molecule has 5 nitrogen and oxygen atoms in total. The average molecular weight is 407 g/mol. The fourth-order valence-electron chi connectivity index (χ4n) is 2.92. The van der Waals surface area contributed by atoms with Crippen LogP contribution in [0.4, 0.5) is 5.69 Å². The molecule has 0 radical (unpaired) electrons. The van der Waals surface area contributed by atoms with Crippen LogP contribution in [0, 0.1) is 0 Å². The van der Waals surface area contributed by atoms with Gasteiger partial charge in [-0.25, -0.2) is 0 Å². The van der Waals surface area contributed by atoms with Gasteiger partial charge in [0, 0.05) is 31.7 Å². The number of carbonyl (C=O) groups is 2. The van der Waals surface area contributed by atoms with E-state index in [9.17, 15) is 9.59 Å². The van der Waals surface area contributed by atoms with Gasteiger partial charge in [0.05, 0.1) is 4.91 Å². The molecule has 27 heavy (non-hydrogen) atoms. The number of nitrogens with zero attached hydrogens (tertiary/aromatic N) is 2. The lowest BCUT2D eigenvalue weighted by Crippen LogP contribution is -2.29.